The molecular formula is C50H70F2N6O7. The molecular weight excluding hydrogens is 835 g/mol. The van der Waals surface area contributed by atoms with E-state index in [4.69, 9.17) is 9.47 Å². The number of hydrogen-bond donors (Lipinski definition) is 4. The average Bonchev–Trinajstić information content (AvgIpc) is 3.79. The molecule has 4 heterocycles. The summed E-state index contributed by atoms with van der Waals surface area (Å²) in [6.45, 7) is 5.83. The predicted molar refractivity (Wildman–Crippen MR) is 249 cm³/mol. The van der Waals surface area contributed by atoms with Gasteiger partial charge in [0.05, 0.1) is 11.6 Å². The molecule has 356 valence electrons. The van der Waals surface area contributed by atoms with Crippen molar-refractivity contribution in [1.29, 1.82) is 0 Å². The molecule has 0 radical (unpaired) electrons. The van der Waals surface area contributed by atoms with Crippen LogP contribution in [0, 0.1) is 23.7 Å². The minimum Gasteiger partial charge on any atom is -0.478 e. The van der Waals surface area contributed by atoms with Gasteiger partial charge in [-0.25, -0.2) is 13.6 Å². The number of aryl methyl sites for hydroxylation is 2. The molecule has 3 amide bonds. The highest BCUT2D eigenvalue weighted by Gasteiger charge is 2.33. The number of benzene rings is 2. The molecule has 0 bridgehead atoms. The summed E-state index contributed by atoms with van der Waals surface area (Å²) in [5.74, 6) is 1.28. The summed E-state index contributed by atoms with van der Waals surface area (Å²) < 4.78 is 39.5. The third-order valence-electron chi connectivity index (χ3n) is 14.6. The van der Waals surface area contributed by atoms with Crippen molar-refractivity contribution >= 4 is 45.5 Å². The van der Waals surface area contributed by atoms with Crippen LogP contribution in [0.3, 0.4) is 0 Å². The van der Waals surface area contributed by atoms with Crippen LogP contribution >= 0.6 is 0 Å². The summed E-state index contributed by atoms with van der Waals surface area (Å²) in [6, 6.07) is 10.5. The number of halogens is 2. The lowest BCUT2D eigenvalue weighted by Gasteiger charge is -2.33. The maximum atomic E-state index is 13.1. The molecule has 2 aliphatic heterocycles. The molecule has 2 saturated heterocycles. The molecule has 2 unspecified atom stereocenters. The number of carboxylic acids is 1. The minimum absolute atomic E-state index is 0.0401. The summed E-state index contributed by atoms with van der Waals surface area (Å²) in [7, 11) is 7.52. The minimum atomic E-state index is -0.846. The van der Waals surface area contributed by atoms with Crippen LogP contribution in [0.15, 0.2) is 36.4 Å². The Morgan fingerprint density at radius 2 is 1.15 bits per heavy atom. The van der Waals surface area contributed by atoms with E-state index < -0.39 is 25.4 Å². The number of aromatic nitrogens is 2. The van der Waals surface area contributed by atoms with E-state index in [0.717, 1.165) is 92.7 Å². The Labute approximate surface area is 381 Å². The van der Waals surface area contributed by atoms with E-state index in [0.29, 0.717) is 28.9 Å². The number of carbonyl (C=O) groups is 4. The SMILES string of the molecule is CN[C@@H](C)C(=O)NCCF.C[C@@H](C(=O)NCCF)N(C)C(=O)c1ccc2c(c1)c1c(n2C)CCC(C2CCOCC2)C1.Cn1c2c(c3cc(C(=O)O)ccc31)CC(C1CCOCC1)CC2. The van der Waals surface area contributed by atoms with Crippen molar-refractivity contribution in [2.24, 2.45) is 37.8 Å². The number of carboxylic acid groups (broad SMARTS) is 1. The number of alkyl halides is 2. The van der Waals surface area contributed by atoms with Gasteiger partial charge in [0.1, 0.15) is 19.4 Å². The van der Waals surface area contributed by atoms with Crippen LogP contribution in [0.5, 0.6) is 0 Å². The molecule has 4 aromatic rings. The van der Waals surface area contributed by atoms with Crippen molar-refractivity contribution in [1.82, 2.24) is 30.0 Å². The topological polar surface area (TPSA) is 156 Å². The highest BCUT2D eigenvalue weighted by atomic mass is 19.1. The Kier molecular flexibility index (Phi) is 17.6. The van der Waals surface area contributed by atoms with Crippen molar-refractivity contribution in [3.8, 4) is 0 Å². The summed E-state index contributed by atoms with van der Waals surface area (Å²) in [6.07, 6.45) is 11.4. The number of aromatic carboxylic acids is 1. The molecule has 15 heteroatoms. The molecule has 4 N–H and O–H groups in total. The van der Waals surface area contributed by atoms with Gasteiger partial charge in [0, 0.05) is 99.4 Å². The first-order chi connectivity index (χ1) is 31.3. The second-order valence-corrected chi connectivity index (χ2v) is 18.2. The quantitative estimate of drug-likeness (QED) is 0.128. The number of amides is 3. The van der Waals surface area contributed by atoms with E-state index in [2.05, 4.69) is 39.2 Å². The number of carbonyl (C=O) groups excluding carboxylic acids is 3. The Morgan fingerprint density at radius 1 is 0.708 bits per heavy atom. The molecule has 0 saturated carbocycles. The van der Waals surface area contributed by atoms with Gasteiger partial charge in [-0.3, -0.25) is 14.4 Å². The highest BCUT2D eigenvalue weighted by Crippen LogP contribution is 2.41. The van der Waals surface area contributed by atoms with Crippen molar-refractivity contribution in [3.63, 3.8) is 0 Å². The fraction of sp³-hybridized carbons (Fsp3) is 0.600. The van der Waals surface area contributed by atoms with Gasteiger partial charge >= 0.3 is 5.97 Å². The van der Waals surface area contributed by atoms with Crippen LogP contribution in [0.4, 0.5) is 8.78 Å². The van der Waals surface area contributed by atoms with Gasteiger partial charge in [-0.1, -0.05) is 0 Å². The Bertz CT molecular complexity index is 2280. The van der Waals surface area contributed by atoms with Gasteiger partial charge < -0.3 is 44.6 Å². The fourth-order valence-corrected chi connectivity index (χ4v) is 10.4. The summed E-state index contributed by atoms with van der Waals surface area (Å²) in [5.41, 5.74) is 8.80. The maximum Gasteiger partial charge on any atom is 0.335 e. The van der Waals surface area contributed by atoms with Crippen molar-refractivity contribution in [3.05, 3.63) is 70.0 Å². The zero-order chi connectivity index (χ0) is 46.8. The van der Waals surface area contributed by atoms with Crippen LogP contribution < -0.4 is 16.0 Å². The number of ether oxygens (including phenoxy) is 2. The van der Waals surface area contributed by atoms with Gasteiger partial charge in [0.2, 0.25) is 11.8 Å². The number of rotatable bonds is 12. The van der Waals surface area contributed by atoms with Crippen LogP contribution in [0.25, 0.3) is 21.8 Å². The molecule has 2 fully saturated rings. The monoisotopic (exact) mass is 905 g/mol. The highest BCUT2D eigenvalue weighted by molar-refractivity contribution is 6.01. The number of nitrogens with zero attached hydrogens (tertiary/aromatic N) is 3. The molecule has 8 rings (SSSR count). The number of fused-ring (bicyclic) bond motifs is 6. The Balaban J connectivity index is 0.000000184. The van der Waals surface area contributed by atoms with Crippen molar-refractivity contribution in [2.45, 2.75) is 90.1 Å². The molecule has 65 heavy (non-hydrogen) atoms. The molecule has 2 aromatic heterocycles. The average molecular weight is 905 g/mol. The zero-order valence-corrected chi connectivity index (χ0v) is 39.2. The lowest BCUT2D eigenvalue weighted by atomic mass is 9.75. The molecule has 2 aromatic carbocycles. The van der Waals surface area contributed by atoms with Gasteiger partial charge in [0.25, 0.3) is 5.91 Å². The largest absolute Gasteiger partial charge is 0.478 e. The van der Waals surface area contributed by atoms with E-state index in [1.54, 1.807) is 34.0 Å². The van der Waals surface area contributed by atoms with Crippen LogP contribution in [0.1, 0.15) is 95.6 Å². The van der Waals surface area contributed by atoms with Crippen molar-refractivity contribution in [2.75, 3.05) is 67.0 Å². The Morgan fingerprint density at radius 3 is 1.60 bits per heavy atom. The molecule has 2 aliphatic carbocycles. The predicted octanol–water partition coefficient (Wildman–Crippen LogP) is 6.34. The fourth-order valence-electron chi connectivity index (χ4n) is 10.4. The number of hydrogen-bond acceptors (Lipinski definition) is 7. The zero-order valence-electron chi connectivity index (χ0n) is 39.2. The van der Waals surface area contributed by atoms with Crippen LogP contribution in [-0.2, 0) is 58.8 Å². The second-order valence-electron chi connectivity index (χ2n) is 18.2. The first-order valence-corrected chi connectivity index (χ1v) is 23.5. The third-order valence-corrected chi connectivity index (χ3v) is 14.6. The molecule has 4 atom stereocenters. The van der Waals surface area contributed by atoms with Crippen LogP contribution in [0.2, 0.25) is 0 Å². The standard InChI is InChI=1S/C25H34FN3O3.C19H23NO3.C6H13FN2O/c1-16(24(30)27-11-10-26)28(2)25(31)19-5-7-23-21(15-19)20-14-18(4-6-22(20)29(23)3)17-8-12-32-13-9-17;1-20-17-4-2-13(12-6-8-23-9-7-12)10-15(17)16-11-14(19(21)22)3-5-18(16)20;1-5(8-2)6(10)9-4-3-7/h5,7,15-18H,4,6,8-14H2,1-3H3,(H,27,30);3,5,11-13H,2,4,6-10H2,1H3,(H,21,22);5,8H,3-4H2,1-2H3,(H,9,10)/t16-,18?;;5-/m0.0/s1. The molecule has 0 spiro atoms. The lowest BCUT2D eigenvalue weighted by Crippen LogP contribution is -2.46. The van der Waals surface area contributed by atoms with E-state index >= 15 is 0 Å². The van der Waals surface area contributed by atoms with E-state index in [1.807, 2.05) is 30.3 Å². The normalized spacial score (nSPS) is 19.7. The van der Waals surface area contributed by atoms with E-state index in [9.17, 15) is 33.1 Å². The van der Waals surface area contributed by atoms with E-state index in [1.165, 1.54) is 53.1 Å². The first kappa shape index (κ1) is 49.6. The third kappa shape index (κ3) is 11.6. The summed E-state index contributed by atoms with van der Waals surface area (Å²) in [4.78, 5) is 48.9. The van der Waals surface area contributed by atoms with Gasteiger partial charge in [-0.05, 0) is 156 Å². The summed E-state index contributed by atoms with van der Waals surface area (Å²) in [5, 5.41) is 19.2. The van der Waals surface area contributed by atoms with Crippen LogP contribution in [-0.4, -0.2) is 122 Å². The summed E-state index contributed by atoms with van der Waals surface area (Å²) >= 11 is 0. The Hall–Kier alpha value is -4.86. The number of likely N-dealkylation sites (N-methyl/N-ethyl adjacent to an activating group) is 2. The lowest BCUT2D eigenvalue weighted by molar-refractivity contribution is -0.125. The van der Waals surface area contributed by atoms with Gasteiger partial charge in [-0.15, -0.1) is 0 Å². The van der Waals surface area contributed by atoms with Gasteiger partial charge in [-0.2, -0.15) is 0 Å². The second kappa shape index (κ2) is 23.0. The van der Waals surface area contributed by atoms with Gasteiger partial charge in [0.15, 0.2) is 0 Å². The maximum absolute atomic E-state index is 13.1. The van der Waals surface area contributed by atoms with E-state index in [-0.39, 0.29) is 36.9 Å². The van der Waals surface area contributed by atoms with Crippen molar-refractivity contribution < 1.29 is 42.5 Å². The number of nitrogens with one attached hydrogen (secondary N) is 3. The smallest absolute Gasteiger partial charge is 0.335 e. The first-order valence-electron chi connectivity index (χ1n) is 23.5. The molecule has 4 aliphatic rings. The molecule has 13 nitrogen and oxygen atoms in total.